The highest BCUT2D eigenvalue weighted by Gasteiger charge is 2.25. The normalized spacial score (nSPS) is 24.7. The summed E-state index contributed by atoms with van der Waals surface area (Å²) in [7, 11) is 0. The van der Waals surface area contributed by atoms with Crippen LogP contribution in [0.25, 0.3) is 0 Å². The van der Waals surface area contributed by atoms with Crippen LogP contribution in [0.5, 0.6) is 0 Å². The Morgan fingerprint density at radius 2 is 1.74 bits per heavy atom. The molecule has 1 aliphatic heterocycles. The molecular weight excluding hydrogens is 232 g/mol. The molecule has 1 N–H and O–H groups in total. The van der Waals surface area contributed by atoms with E-state index in [1.54, 1.807) is 0 Å². The second-order valence-electron chi connectivity index (χ2n) is 6.13. The van der Waals surface area contributed by atoms with Gasteiger partial charge in [-0.05, 0) is 49.4 Å². The van der Waals surface area contributed by atoms with Gasteiger partial charge in [0, 0.05) is 24.8 Å². The van der Waals surface area contributed by atoms with Gasteiger partial charge < -0.3 is 10.2 Å². The summed E-state index contributed by atoms with van der Waals surface area (Å²) in [5, 5.41) is 3.54. The second kappa shape index (κ2) is 6.42. The fraction of sp³-hybridized carbons (Fsp3) is 0.647. The maximum absolute atomic E-state index is 3.54. The summed E-state index contributed by atoms with van der Waals surface area (Å²) >= 11 is 0. The topological polar surface area (TPSA) is 15.3 Å². The maximum atomic E-state index is 3.54. The molecule has 0 saturated carbocycles. The van der Waals surface area contributed by atoms with Crippen LogP contribution < -0.4 is 10.2 Å². The van der Waals surface area contributed by atoms with Crippen LogP contribution in [0.4, 0.5) is 5.69 Å². The van der Waals surface area contributed by atoms with Crippen LogP contribution in [0, 0.1) is 11.8 Å². The van der Waals surface area contributed by atoms with Crippen LogP contribution in [-0.2, 0) is 0 Å². The molecule has 0 amide bonds. The molecule has 0 spiro atoms. The van der Waals surface area contributed by atoms with E-state index in [0.717, 1.165) is 18.4 Å². The molecule has 1 heterocycles. The lowest BCUT2D eigenvalue weighted by molar-refractivity contribution is 0.494. The minimum absolute atomic E-state index is 0.449. The first kappa shape index (κ1) is 14.4. The summed E-state index contributed by atoms with van der Waals surface area (Å²) in [6.07, 6.45) is 1.19. The molecule has 2 heteroatoms. The minimum atomic E-state index is 0.449. The van der Waals surface area contributed by atoms with Gasteiger partial charge in [-0.15, -0.1) is 0 Å². The lowest BCUT2D eigenvalue weighted by Gasteiger charge is -2.20. The first-order valence-electron chi connectivity index (χ1n) is 7.70. The van der Waals surface area contributed by atoms with Gasteiger partial charge in [0.05, 0.1) is 0 Å². The standard InChI is InChI=1S/C17H28N2/c1-5-10-18-15(4)16-6-8-17(9-7-16)19-11-13(2)14(3)12-19/h6-9,13-15,18H,5,10-12H2,1-4H3. The number of nitrogens with zero attached hydrogens (tertiary/aromatic N) is 1. The largest absolute Gasteiger partial charge is 0.371 e. The molecule has 19 heavy (non-hydrogen) atoms. The summed E-state index contributed by atoms with van der Waals surface area (Å²) in [5.74, 6) is 1.62. The predicted molar refractivity (Wildman–Crippen MR) is 83.7 cm³/mol. The molecule has 1 aliphatic rings. The van der Waals surface area contributed by atoms with Crippen LogP contribution in [0.1, 0.15) is 45.7 Å². The number of benzene rings is 1. The van der Waals surface area contributed by atoms with Crippen LogP contribution >= 0.6 is 0 Å². The van der Waals surface area contributed by atoms with Crippen LogP contribution in [0.15, 0.2) is 24.3 Å². The van der Waals surface area contributed by atoms with Crippen molar-refractivity contribution in [3.05, 3.63) is 29.8 Å². The SMILES string of the molecule is CCCNC(C)c1ccc(N2CC(C)C(C)C2)cc1. The summed E-state index contributed by atoms with van der Waals surface area (Å²) in [6.45, 7) is 12.6. The Labute approximate surface area is 118 Å². The Morgan fingerprint density at radius 3 is 2.26 bits per heavy atom. The number of hydrogen-bond donors (Lipinski definition) is 1. The number of nitrogens with one attached hydrogen (secondary N) is 1. The van der Waals surface area contributed by atoms with E-state index >= 15 is 0 Å². The Hall–Kier alpha value is -1.02. The summed E-state index contributed by atoms with van der Waals surface area (Å²) < 4.78 is 0. The first-order valence-corrected chi connectivity index (χ1v) is 7.70. The van der Waals surface area contributed by atoms with Crippen molar-refractivity contribution in [2.24, 2.45) is 11.8 Å². The van der Waals surface area contributed by atoms with Crippen molar-refractivity contribution in [3.8, 4) is 0 Å². The third-order valence-corrected chi connectivity index (χ3v) is 4.45. The van der Waals surface area contributed by atoms with Crippen molar-refractivity contribution in [3.63, 3.8) is 0 Å². The molecule has 0 aliphatic carbocycles. The monoisotopic (exact) mass is 260 g/mol. The van der Waals surface area contributed by atoms with E-state index < -0.39 is 0 Å². The molecule has 1 saturated heterocycles. The molecule has 106 valence electrons. The van der Waals surface area contributed by atoms with Crippen molar-refractivity contribution in [2.75, 3.05) is 24.5 Å². The molecule has 1 fully saturated rings. The van der Waals surface area contributed by atoms with E-state index in [0.29, 0.717) is 6.04 Å². The molecule has 1 aromatic carbocycles. The third-order valence-electron chi connectivity index (χ3n) is 4.45. The summed E-state index contributed by atoms with van der Waals surface area (Å²) in [5.41, 5.74) is 2.76. The van der Waals surface area contributed by atoms with Gasteiger partial charge in [-0.3, -0.25) is 0 Å². The Kier molecular flexibility index (Phi) is 4.87. The molecule has 3 unspecified atom stereocenters. The van der Waals surface area contributed by atoms with Gasteiger partial charge in [0.2, 0.25) is 0 Å². The van der Waals surface area contributed by atoms with E-state index in [1.165, 1.54) is 30.8 Å². The Morgan fingerprint density at radius 1 is 1.16 bits per heavy atom. The van der Waals surface area contributed by atoms with Gasteiger partial charge in [-0.2, -0.15) is 0 Å². The van der Waals surface area contributed by atoms with Crippen LogP contribution in [-0.4, -0.2) is 19.6 Å². The van der Waals surface area contributed by atoms with Gasteiger partial charge in [0.15, 0.2) is 0 Å². The lowest BCUT2D eigenvalue weighted by atomic mass is 10.0. The van der Waals surface area contributed by atoms with E-state index in [-0.39, 0.29) is 0 Å². The average Bonchev–Trinajstić information content (AvgIpc) is 2.76. The number of hydrogen-bond acceptors (Lipinski definition) is 2. The average molecular weight is 260 g/mol. The summed E-state index contributed by atoms with van der Waals surface area (Å²) in [4.78, 5) is 2.52. The first-order chi connectivity index (χ1) is 9.11. The zero-order valence-corrected chi connectivity index (χ0v) is 12.8. The smallest absolute Gasteiger partial charge is 0.0366 e. The second-order valence-corrected chi connectivity index (χ2v) is 6.13. The minimum Gasteiger partial charge on any atom is -0.371 e. The molecule has 2 rings (SSSR count). The summed E-state index contributed by atoms with van der Waals surface area (Å²) in [6, 6.07) is 9.56. The van der Waals surface area contributed by atoms with Crippen molar-refractivity contribution < 1.29 is 0 Å². The molecule has 0 bridgehead atoms. The van der Waals surface area contributed by atoms with Crippen molar-refractivity contribution >= 4 is 5.69 Å². The highest BCUT2D eigenvalue weighted by Crippen LogP contribution is 2.28. The number of anilines is 1. The fourth-order valence-corrected chi connectivity index (χ4v) is 2.79. The van der Waals surface area contributed by atoms with Crippen molar-refractivity contribution in [1.82, 2.24) is 5.32 Å². The van der Waals surface area contributed by atoms with Crippen LogP contribution in [0.3, 0.4) is 0 Å². The number of rotatable bonds is 5. The zero-order chi connectivity index (χ0) is 13.8. The molecule has 0 aromatic heterocycles. The molecular formula is C17H28N2. The van der Waals surface area contributed by atoms with Crippen molar-refractivity contribution in [1.29, 1.82) is 0 Å². The molecule has 2 nitrogen and oxygen atoms in total. The van der Waals surface area contributed by atoms with Gasteiger partial charge in [-0.1, -0.05) is 32.9 Å². The maximum Gasteiger partial charge on any atom is 0.0366 e. The molecule has 3 atom stereocenters. The zero-order valence-electron chi connectivity index (χ0n) is 12.8. The third kappa shape index (κ3) is 3.50. The highest BCUT2D eigenvalue weighted by atomic mass is 15.2. The van der Waals surface area contributed by atoms with E-state index in [2.05, 4.69) is 62.2 Å². The Balaban J connectivity index is 1.98. The van der Waals surface area contributed by atoms with E-state index in [4.69, 9.17) is 0 Å². The lowest BCUT2D eigenvalue weighted by Crippen LogP contribution is -2.21. The Bertz CT molecular complexity index is 375. The van der Waals surface area contributed by atoms with Gasteiger partial charge in [0.25, 0.3) is 0 Å². The molecule has 0 radical (unpaired) electrons. The van der Waals surface area contributed by atoms with Gasteiger partial charge in [-0.25, -0.2) is 0 Å². The van der Waals surface area contributed by atoms with Gasteiger partial charge in [0.1, 0.15) is 0 Å². The fourth-order valence-electron chi connectivity index (χ4n) is 2.79. The van der Waals surface area contributed by atoms with Gasteiger partial charge >= 0.3 is 0 Å². The van der Waals surface area contributed by atoms with Crippen LogP contribution in [0.2, 0.25) is 0 Å². The predicted octanol–water partition coefficient (Wildman–Crippen LogP) is 3.84. The highest BCUT2D eigenvalue weighted by molar-refractivity contribution is 5.49. The van der Waals surface area contributed by atoms with E-state index in [1.807, 2.05) is 0 Å². The van der Waals surface area contributed by atoms with Crippen molar-refractivity contribution in [2.45, 2.75) is 40.2 Å². The van der Waals surface area contributed by atoms with E-state index in [9.17, 15) is 0 Å². The quantitative estimate of drug-likeness (QED) is 0.865. The molecule has 1 aromatic rings.